The summed E-state index contributed by atoms with van der Waals surface area (Å²) in [6.45, 7) is 0. The van der Waals surface area contributed by atoms with Gasteiger partial charge < -0.3 is 5.11 Å². The van der Waals surface area contributed by atoms with Gasteiger partial charge in [0.1, 0.15) is 0 Å². The first kappa shape index (κ1) is 14.4. The highest BCUT2D eigenvalue weighted by Crippen LogP contribution is 2.33. The summed E-state index contributed by atoms with van der Waals surface area (Å²) in [5, 5.41) is 8.41. The van der Waals surface area contributed by atoms with Crippen molar-refractivity contribution >= 4 is 5.97 Å². The third-order valence-electron chi connectivity index (χ3n) is 2.22. The predicted octanol–water partition coefficient (Wildman–Crippen LogP) is 3.66. The first-order valence-electron chi connectivity index (χ1n) is 4.91. The molecule has 0 fully saturated rings. The maximum absolute atomic E-state index is 12.4. The Labute approximate surface area is 99.0 Å². The van der Waals surface area contributed by atoms with Crippen LogP contribution in [0.15, 0.2) is 18.2 Å². The zero-order valence-corrected chi connectivity index (χ0v) is 8.97. The number of carboxylic acids is 1. The Balaban J connectivity index is 3.10. The maximum Gasteiger partial charge on any atom is 0.416 e. The zero-order valence-electron chi connectivity index (χ0n) is 8.97. The van der Waals surface area contributed by atoms with Gasteiger partial charge in [-0.2, -0.15) is 13.2 Å². The van der Waals surface area contributed by atoms with E-state index in [2.05, 4.69) is 0 Å². The van der Waals surface area contributed by atoms with E-state index >= 15 is 0 Å². The molecule has 0 aromatic heterocycles. The largest absolute Gasteiger partial charge is 0.481 e. The van der Waals surface area contributed by atoms with Crippen LogP contribution in [0.2, 0.25) is 0 Å². The van der Waals surface area contributed by atoms with Gasteiger partial charge in [-0.05, 0) is 24.1 Å². The van der Waals surface area contributed by atoms with Crippen LogP contribution in [-0.4, -0.2) is 11.1 Å². The topological polar surface area (TPSA) is 37.3 Å². The van der Waals surface area contributed by atoms with E-state index in [-0.39, 0.29) is 12.0 Å². The van der Waals surface area contributed by atoms with Crippen molar-refractivity contribution in [2.75, 3.05) is 0 Å². The van der Waals surface area contributed by atoms with Gasteiger partial charge in [0.15, 0.2) is 0 Å². The van der Waals surface area contributed by atoms with Crippen LogP contribution in [-0.2, 0) is 17.4 Å². The van der Waals surface area contributed by atoms with E-state index < -0.39 is 36.1 Å². The minimum absolute atomic E-state index is 0.0671. The fourth-order valence-corrected chi connectivity index (χ4v) is 1.40. The van der Waals surface area contributed by atoms with Crippen molar-refractivity contribution in [2.45, 2.75) is 25.4 Å². The second-order valence-corrected chi connectivity index (χ2v) is 3.66. The zero-order chi connectivity index (χ0) is 13.9. The smallest absolute Gasteiger partial charge is 0.416 e. The predicted molar refractivity (Wildman–Crippen MR) is 52.4 cm³/mol. The summed E-state index contributed by atoms with van der Waals surface area (Å²) in [6.07, 6.45) is -8.40. The molecule has 1 aromatic rings. The Morgan fingerprint density at radius 1 is 1.22 bits per heavy atom. The molecule has 0 aliphatic rings. The number of carbonyl (C=O) groups is 1. The Bertz CT molecular complexity index is 440. The monoisotopic (exact) mass is 268 g/mol. The number of aliphatic carboxylic acids is 1. The second-order valence-electron chi connectivity index (χ2n) is 3.66. The lowest BCUT2D eigenvalue weighted by molar-refractivity contribution is -0.138. The van der Waals surface area contributed by atoms with Crippen LogP contribution in [0.3, 0.4) is 0 Å². The molecular formula is C11H9F5O2. The summed E-state index contributed by atoms with van der Waals surface area (Å²) in [4.78, 5) is 10.3. The van der Waals surface area contributed by atoms with E-state index in [9.17, 15) is 26.7 Å². The van der Waals surface area contributed by atoms with Crippen LogP contribution in [0.5, 0.6) is 0 Å². The molecule has 1 rings (SSSR count). The standard InChI is InChI=1S/C11H9F5O2/c12-10(13)7-3-6(1-2-9(17)18)4-8(5-7)11(14,15)16/h3-5,10H,1-2H2,(H,17,18). The quantitative estimate of drug-likeness (QED) is 0.846. The molecule has 0 amide bonds. The Hall–Kier alpha value is -1.66. The minimum atomic E-state index is -4.73. The number of halogens is 5. The summed E-state index contributed by atoms with van der Waals surface area (Å²) in [7, 11) is 0. The van der Waals surface area contributed by atoms with E-state index in [1.807, 2.05) is 0 Å². The highest BCUT2D eigenvalue weighted by Gasteiger charge is 2.31. The van der Waals surface area contributed by atoms with Gasteiger partial charge in [0.2, 0.25) is 0 Å². The fraction of sp³-hybridized carbons (Fsp3) is 0.364. The highest BCUT2D eigenvalue weighted by atomic mass is 19.4. The second kappa shape index (κ2) is 5.32. The lowest BCUT2D eigenvalue weighted by Crippen LogP contribution is -2.08. The summed E-state index contributed by atoms with van der Waals surface area (Å²) in [6, 6.07) is 1.95. The van der Waals surface area contributed by atoms with E-state index in [4.69, 9.17) is 5.11 Å². The maximum atomic E-state index is 12.4. The molecule has 0 aliphatic carbocycles. The summed E-state index contributed by atoms with van der Waals surface area (Å²) >= 11 is 0. The number of aryl methyl sites for hydroxylation is 1. The number of rotatable bonds is 4. The van der Waals surface area contributed by atoms with Gasteiger partial charge in [0.05, 0.1) is 5.56 Å². The van der Waals surface area contributed by atoms with Gasteiger partial charge in [0, 0.05) is 12.0 Å². The van der Waals surface area contributed by atoms with Crippen molar-refractivity contribution in [2.24, 2.45) is 0 Å². The fourth-order valence-electron chi connectivity index (χ4n) is 1.40. The lowest BCUT2D eigenvalue weighted by atomic mass is 10.0. The Morgan fingerprint density at radius 2 is 1.83 bits per heavy atom. The van der Waals surface area contributed by atoms with Crippen molar-refractivity contribution in [3.63, 3.8) is 0 Å². The first-order valence-corrected chi connectivity index (χ1v) is 4.91. The third-order valence-corrected chi connectivity index (χ3v) is 2.22. The van der Waals surface area contributed by atoms with E-state index in [1.54, 1.807) is 0 Å². The molecule has 0 radical (unpaired) electrons. The molecule has 0 saturated heterocycles. The van der Waals surface area contributed by atoms with Crippen molar-refractivity contribution in [3.8, 4) is 0 Å². The number of alkyl halides is 5. The molecule has 0 heterocycles. The van der Waals surface area contributed by atoms with Crippen molar-refractivity contribution in [1.82, 2.24) is 0 Å². The lowest BCUT2D eigenvalue weighted by Gasteiger charge is -2.11. The van der Waals surface area contributed by atoms with Crippen LogP contribution in [0.4, 0.5) is 22.0 Å². The molecule has 1 N–H and O–H groups in total. The number of hydrogen-bond acceptors (Lipinski definition) is 1. The van der Waals surface area contributed by atoms with Gasteiger partial charge in [-0.15, -0.1) is 0 Å². The van der Waals surface area contributed by atoms with Crippen LogP contribution < -0.4 is 0 Å². The van der Waals surface area contributed by atoms with Gasteiger partial charge in [-0.25, -0.2) is 8.78 Å². The number of carboxylic acid groups (broad SMARTS) is 1. The Morgan fingerprint density at radius 3 is 2.28 bits per heavy atom. The Kier molecular flexibility index (Phi) is 4.26. The van der Waals surface area contributed by atoms with E-state index in [0.717, 1.165) is 6.07 Å². The molecule has 100 valence electrons. The van der Waals surface area contributed by atoms with Gasteiger partial charge in [-0.3, -0.25) is 4.79 Å². The molecule has 0 atom stereocenters. The average Bonchev–Trinajstić information content (AvgIpc) is 2.24. The molecule has 1 aromatic carbocycles. The van der Waals surface area contributed by atoms with Gasteiger partial charge >= 0.3 is 12.1 Å². The molecule has 0 spiro atoms. The third kappa shape index (κ3) is 3.97. The van der Waals surface area contributed by atoms with Gasteiger partial charge in [0.25, 0.3) is 6.43 Å². The molecule has 0 saturated carbocycles. The minimum Gasteiger partial charge on any atom is -0.481 e. The number of benzene rings is 1. The van der Waals surface area contributed by atoms with Crippen molar-refractivity contribution in [1.29, 1.82) is 0 Å². The normalized spacial score (nSPS) is 11.9. The first-order chi connectivity index (χ1) is 8.20. The molecule has 0 unspecified atom stereocenters. The molecular weight excluding hydrogens is 259 g/mol. The van der Waals surface area contributed by atoms with Crippen LogP contribution >= 0.6 is 0 Å². The van der Waals surface area contributed by atoms with Gasteiger partial charge in [-0.1, -0.05) is 6.07 Å². The van der Waals surface area contributed by atoms with E-state index in [1.165, 1.54) is 0 Å². The van der Waals surface area contributed by atoms with E-state index in [0.29, 0.717) is 12.1 Å². The summed E-state index contributed by atoms with van der Waals surface area (Å²) in [5.41, 5.74) is -2.02. The van der Waals surface area contributed by atoms with Crippen molar-refractivity contribution < 1.29 is 31.9 Å². The molecule has 7 heteroatoms. The molecule has 2 nitrogen and oxygen atoms in total. The number of hydrogen-bond donors (Lipinski definition) is 1. The average molecular weight is 268 g/mol. The summed E-state index contributed by atoms with van der Waals surface area (Å²) in [5.74, 6) is -1.20. The SMILES string of the molecule is O=C(O)CCc1cc(C(F)F)cc(C(F)(F)F)c1. The van der Waals surface area contributed by atoms with Crippen LogP contribution in [0.1, 0.15) is 29.5 Å². The van der Waals surface area contributed by atoms with Crippen molar-refractivity contribution in [3.05, 3.63) is 34.9 Å². The molecule has 18 heavy (non-hydrogen) atoms. The van der Waals surface area contributed by atoms with Crippen LogP contribution in [0.25, 0.3) is 0 Å². The highest BCUT2D eigenvalue weighted by molar-refractivity contribution is 5.67. The molecule has 0 aliphatic heterocycles. The van der Waals surface area contributed by atoms with Crippen LogP contribution in [0, 0.1) is 0 Å². The summed E-state index contributed by atoms with van der Waals surface area (Å²) < 4.78 is 62.2. The molecule has 0 bridgehead atoms.